The van der Waals surface area contributed by atoms with Crippen LogP contribution in [0.1, 0.15) is 5.56 Å². The maximum Gasteiger partial charge on any atom is 0.342 e. The summed E-state index contributed by atoms with van der Waals surface area (Å²) in [6.45, 7) is 0. The lowest BCUT2D eigenvalue weighted by Gasteiger charge is -2.04. The van der Waals surface area contributed by atoms with Crippen molar-refractivity contribution in [2.45, 2.75) is 11.3 Å². The average Bonchev–Trinajstić information content (AvgIpc) is 2.16. The van der Waals surface area contributed by atoms with E-state index in [0.29, 0.717) is 0 Å². The number of benzene rings is 1. The van der Waals surface area contributed by atoms with Crippen LogP contribution in [0, 0.1) is 15.9 Å². The van der Waals surface area contributed by atoms with E-state index < -0.39 is 34.8 Å². The summed E-state index contributed by atoms with van der Waals surface area (Å²) in [4.78, 5) is -0.601. The molecule has 0 aromatic heterocycles. The Bertz CT molecular complexity index is 614. The van der Waals surface area contributed by atoms with E-state index in [2.05, 4.69) is 5.92 Å². The van der Waals surface area contributed by atoms with Crippen LogP contribution in [-0.4, -0.2) is 13.0 Å². The van der Waals surface area contributed by atoms with Crippen molar-refractivity contribution < 1.29 is 19.1 Å². The van der Waals surface area contributed by atoms with Gasteiger partial charge in [0, 0.05) is 6.42 Å². The van der Waals surface area contributed by atoms with Gasteiger partial charge >= 0.3 is 19.8 Å². The van der Waals surface area contributed by atoms with Gasteiger partial charge in [-0.25, -0.2) is 6.14 Å². The summed E-state index contributed by atoms with van der Waals surface area (Å²) in [5, 5.41) is 0. The Kier molecular flexibility index (Phi) is 4.01. The highest BCUT2D eigenvalue weighted by Crippen LogP contribution is 2.29. The summed E-state index contributed by atoms with van der Waals surface area (Å²) in [5.74, 6) is 2.23. The quantitative estimate of drug-likeness (QED) is 0.505. The molecular formula is C9H7IO5S. The highest BCUT2D eigenvalue weighted by Gasteiger charge is 2.21. The molecule has 0 bridgehead atoms. The van der Waals surface area contributed by atoms with Gasteiger partial charge in [0.15, 0.2) is 0 Å². The second-order valence-electron chi connectivity index (χ2n) is 2.80. The van der Waals surface area contributed by atoms with E-state index in [9.17, 15) is 14.6 Å². The van der Waals surface area contributed by atoms with E-state index in [-0.39, 0.29) is 15.6 Å². The summed E-state index contributed by atoms with van der Waals surface area (Å²) >= 11 is -4.05. The first kappa shape index (κ1) is 13.1. The fraction of sp³-hybridized carbons (Fsp3) is 0.111. The normalized spacial score (nSPS) is 11.3. The van der Waals surface area contributed by atoms with Crippen molar-refractivity contribution in [1.82, 2.24) is 0 Å². The summed E-state index contributed by atoms with van der Waals surface area (Å²) in [6, 6.07) is 3.79. The summed E-state index contributed by atoms with van der Waals surface area (Å²) in [6.07, 6.45) is 5.04. The van der Waals surface area contributed by atoms with Crippen LogP contribution in [0.25, 0.3) is 0 Å². The standard InChI is InChI=1S/C9H7IO5S/c1-2-4-7-5-3-6-8(16(13,14)15)9(7)10(11)12/h1,3,5-6H,4H2,(H,13,14,15). The fourth-order valence-corrected chi connectivity index (χ4v) is 4.59. The van der Waals surface area contributed by atoms with Gasteiger partial charge in [-0.3, -0.25) is 4.55 Å². The lowest BCUT2D eigenvalue weighted by Crippen LogP contribution is -2.04. The van der Waals surface area contributed by atoms with Gasteiger partial charge in [0.2, 0.25) is 0 Å². The number of rotatable bonds is 3. The molecule has 0 amide bonds. The van der Waals surface area contributed by atoms with Crippen LogP contribution in [0.2, 0.25) is 0 Å². The first-order valence-corrected chi connectivity index (χ1v) is 8.24. The molecule has 1 N–H and O–H groups in total. The van der Waals surface area contributed by atoms with Gasteiger partial charge < -0.3 is 0 Å². The highest BCUT2D eigenvalue weighted by molar-refractivity contribution is 14.2. The third-order valence-electron chi connectivity index (χ3n) is 1.77. The van der Waals surface area contributed by atoms with Gasteiger partial charge in [-0.1, -0.05) is 12.1 Å². The molecule has 0 atom stereocenters. The van der Waals surface area contributed by atoms with E-state index in [0.717, 1.165) is 6.07 Å². The van der Waals surface area contributed by atoms with Crippen molar-refractivity contribution in [1.29, 1.82) is 0 Å². The number of halogens is 1. The van der Waals surface area contributed by atoms with Gasteiger partial charge in [0.25, 0.3) is 10.1 Å². The summed E-state index contributed by atoms with van der Waals surface area (Å²) in [5.41, 5.74) is 0.216. The van der Waals surface area contributed by atoms with E-state index in [1.807, 2.05) is 0 Å². The maximum absolute atomic E-state index is 11.0. The van der Waals surface area contributed by atoms with Gasteiger partial charge in [0.05, 0.1) is 0 Å². The third-order valence-corrected chi connectivity index (χ3v) is 5.18. The van der Waals surface area contributed by atoms with Crippen molar-refractivity contribution in [3.63, 3.8) is 0 Å². The predicted octanol–water partition coefficient (Wildman–Crippen LogP) is 1.48. The number of hydrogen-bond acceptors (Lipinski definition) is 4. The lowest BCUT2D eigenvalue weighted by molar-refractivity contribution is 0.482. The molecule has 0 fully saturated rings. The molecule has 0 radical (unpaired) electrons. The molecule has 86 valence electrons. The molecule has 0 saturated heterocycles. The molecule has 0 saturated carbocycles. The lowest BCUT2D eigenvalue weighted by atomic mass is 10.2. The predicted molar refractivity (Wildman–Crippen MR) is 62.9 cm³/mol. The molecule has 0 spiro atoms. The molecular weight excluding hydrogens is 347 g/mol. The Balaban J connectivity index is 3.66. The first-order chi connectivity index (χ1) is 7.38. The van der Waals surface area contributed by atoms with Gasteiger partial charge in [-0.05, 0) is 11.6 Å². The Morgan fingerprint density at radius 1 is 1.38 bits per heavy atom. The zero-order valence-electron chi connectivity index (χ0n) is 7.88. The topological polar surface area (TPSA) is 88.5 Å². The maximum atomic E-state index is 11.0. The molecule has 0 aliphatic rings. The molecule has 5 nitrogen and oxygen atoms in total. The van der Waals surface area contributed by atoms with Gasteiger partial charge in [-0.15, -0.1) is 12.3 Å². The van der Waals surface area contributed by atoms with E-state index in [1.54, 1.807) is 0 Å². The minimum absolute atomic E-state index is 0.00282. The SMILES string of the molecule is C#CCc1cccc(S(=O)(=O)O)c1I(=O)=O. The summed E-state index contributed by atoms with van der Waals surface area (Å²) < 4.78 is 52.6. The summed E-state index contributed by atoms with van der Waals surface area (Å²) in [7, 11) is -4.55. The Hall–Kier alpha value is -0.980. The third kappa shape index (κ3) is 2.78. The van der Waals surface area contributed by atoms with Crippen molar-refractivity contribution >= 4 is 29.9 Å². The molecule has 0 aliphatic carbocycles. The first-order valence-electron chi connectivity index (χ1n) is 3.96. The number of hydrogen-bond donors (Lipinski definition) is 1. The zero-order chi connectivity index (χ0) is 12.3. The van der Waals surface area contributed by atoms with Crippen molar-refractivity contribution in [3.8, 4) is 12.3 Å². The van der Waals surface area contributed by atoms with Gasteiger partial charge in [-0.2, -0.15) is 8.42 Å². The molecule has 1 aromatic rings. The van der Waals surface area contributed by atoms with Crippen LogP contribution >= 0.6 is 19.8 Å². The van der Waals surface area contributed by atoms with Crippen LogP contribution in [0.15, 0.2) is 23.1 Å². The molecule has 0 unspecified atom stereocenters. The second kappa shape index (κ2) is 4.90. The highest BCUT2D eigenvalue weighted by atomic mass is 127. The van der Waals surface area contributed by atoms with E-state index in [4.69, 9.17) is 11.0 Å². The van der Waals surface area contributed by atoms with Crippen molar-refractivity contribution in [2.24, 2.45) is 0 Å². The largest absolute Gasteiger partial charge is 0.342 e. The molecule has 7 heteroatoms. The second-order valence-corrected chi connectivity index (χ2v) is 6.51. The minimum atomic E-state index is -4.55. The Morgan fingerprint density at radius 3 is 2.44 bits per heavy atom. The number of terminal acetylenes is 1. The Labute approximate surface area is 99.8 Å². The molecule has 0 aliphatic heterocycles. The van der Waals surface area contributed by atoms with Crippen LogP contribution in [0.3, 0.4) is 0 Å². The smallest absolute Gasteiger partial charge is 0.282 e. The molecule has 16 heavy (non-hydrogen) atoms. The van der Waals surface area contributed by atoms with E-state index in [1.165, 1.54) is 12.1 Å². The minimum Gasteiger partial charge on any atom is -0.282 e. The molecule has 0 heterocycles. The zero-order valence-corrected chi connectivity index (χ0v) is 10.9. The van der Waals surface area contributed by atoms with Crippen LogP contribution in [0.4, 0.5) is 0 Å². The molecule has 1 aromatic carbocycles. The van der Waals surface area contributed by atoms with Gasteiger partial charge in [0.1, 0.15) is 8.47 Å². The average molecular weight is 354 g/mol. The van der Waals surface area contributed by atoms with Crippen LogP contribution < -0.4 is 0 Å². The van der Waals surface area contributed by atoms with E-state index >= 15 is 0 Å². The van der Waals surface area contributed by atoms with Crippen LogP contribution in [0.5, 0.6) is 0 Å². The van der Waals surface area contributed by atoms with Crippen molar-refractivity contribution in [2.75, 3.05) is 0 Å². The Morgan fingerprint density at radius 2 is 2.00 bits per heavy atom. The van der Waals surface area contributed by atoms with Crippen LogP contribution in [-0.2, 0) is 22.7 Å². The van der Waals surface area contributed by atoms with Crippen molar-refractivity contribution in [3.05, 3.63) is 27.3 Å². The fourth-order valence-electron chi connectivity index (χ4n) is 1.18. The monoisotopic (exact) mass is 354 g/mol. The molecule has 1 rings (SSSR count).